The van der Waals surface area contributed by atoms with E-state index in [1.807, 2.05) is 0 Å². The van der Waals surface area contributed by atoms with Crippen LogP contribution in [0.5, 0.6) is 0 Å². The van der Waals surface area contributed by atoms with E-state index in [-0.39, 0.29) is 17.7 Å². The Bertz CT molecular complexity index is 629. The number of nitrogens with zero attached hydrogens (tertiary/aromatic N) is 1. The van der Waals surface area contributed by atoms with Crippen LogP contribution < -0.4 is 5.32 Å². The predicted molar refractivity (Wildman–Crippen MR) is 80.7 cm³/mol. The zero-order valence-corrected chi connectivity index (χ0v) is 13.1. The van der Waals surface area contributed by atoms with Crippen LogP contribution in [0.25, 0.3) is 0 Å². The minimum absolute atomic E-state index is 0.0604. The van der Waals surface area contributed by atoms with Gasteiger partial charge in [0.25, 0.3) is 0 Å². The molecule has 0 saturated carbocycles. The van der Waals surface area contributed by atoms with Crippen LogP contribution in [-0.2, 0) is 9.59 Å². The fraction of sp³-hybridized carbons (Fsp3) is 0.529. The number of nitrogens with one attached hydrogen (secondary N) is 1. The van der Waals surface area contributed by atoms with Gasteiger partial charge in [0, 0.05) is 38.4 Å². The molecule has 124 valence electrons. The maximum Gasteiger partial charge on any atom is 0.220 e. The van der Waals surface area contributed by atoms with E-state index in [2.05, 4.69) is 5.32 Å². The average molecular weight is 322 g/mol. The Morgan fingerprint density at radius 3 is 2.61 bits per heavy atom. The number of benzene rings is 1. The molecule has 1 spiro atoms. The van der Waals surface area contributed by atoms with Gasteiger partial charge in [-0.15, -0.1) is 0 Å². The Morgan fingerprint density at radius 1 is 1.26 bits per heavy atom. The van der Waals surface area contributed by atoms with Crippen molar-refractivity contribution in [3.63, 3.8) is 0 Å². The SMILES string of the molecule is CC(=O)N1C[C@@H](c2cc(F)cc(F)c2)[C@@]2(CCCCC(=O)N2)C1. The van der Waals surface area contributed by atoms with Gasteiger partial charge in [-0.05, 0) is 30.5 Å². The first-order valence-electron chi connectivity index (χ1n) is 7.92. The van der Waals surface area contributed by atoms with Gasteiger partial charge >= 0.3 is 0 Å². The largest absolute Gasteiger partial charge is 0.348 e. The Kier molecular flexibility index (Phi) is 4.08. The van der Waals surface area contributed by atoms with Crippen molar-refractivity contribution in [3.05, 3.63) is 35.4 Å². The third-order valence-corrected chi connectivity index (χ3v) is 4.94. The summed E-state index contributed by atoms with van der Waals surface area (Å²) in [6.07, 6.45) is 2.79. The molecule has 0 radical (unpaired) electrons. The van der Waals surface area contributed by atoms with Crippen LogP contribution in [-0.4, -0.2) is 35.3 Å². The van der Waals surface area contributed by atoms with Crippen LogP contribution >= 0.6 is 0 Å². The Balaban J connectivity index is 2.03. The number of halogens is 2. The lowest BCUT2D eigenvalue weighted by molar-refractivity contribution is -0.128. The van der Waals surface area contributed by atoms with Crippen LogP contribution in [0.3, 0.4) is 0 Å². The lowest BCUT2D eigenvalue weighted by atomic mass is 9.79. The molecule has 2 heterocycles. The van der Waals surface area contributed by atoms with Crippen molar-refractivity contribution < 1.29 is 18.4 Å². The molecule has 2 aliphatic rings. The smallest absolute Gasteiger partial charge is 0.220 e. The summed E-state index contributed by atoms with van der Waals surface area (Å²) in [6, 6.07) is 3.44. The zero-order valence-electron chi connectivity index (χ0n) is 13.1. The summed E-state index contributed by atoms with van der Waals surface area (Å²) < 4.78 is 27.3. The summed E-state index contributed by atoms with van der Waals surface area (Å²) in [5.74, 6) is -1.75. The molecule has 2 saturated heterocycles. The van der Waals surface area contributed by atoms with Gasteiger partial charge in [0.15, 0.2) is 0 Å². The normalized spacial score (nSPS) is 27.9. The van der Waals surface area contributed by atoms with E-state index < -0.39 is 17.2 Å². The lowest BCUT2D eigenvalue weighted by Crippen LogP contribution is -2.52. The number of hydrogen-bond donors (Lipinski definition) is 1. The first kappa shape index (κ1) is 15.9. The molecular weight excluding hydrogens is 302 g/mol. The standard InChI is InChI=1S/C17H20F2N2O2/c1-11(22)21-9-15(12-6-13(18)8-14(19)7-12)17(10-21)5-3-2-4-16(23)20-17/h6-8,15H,2-5,9-10H2,1H3,(H,20,23)/t15-,17+/m0/s1. The molecular formula is C17H20F2N2O2. The summed E-state index contributed by atoms with van der Waals surface area (Å²) in [4.78, 5) is 25.5. The quantitative estimate of drug-likeness (QED) is 0.863. The maximum absolute atomic E-state index is 13.6. The molecule has 1 aromatic carbocycles. The summed E-state index contributed by atoms with van der Waals surface area (Å²) in [7, 11) is 0. The van der Waals surface area contributed by atoms with Gasteiger partial charge in [0.05, 0.1) is 5.54 Å². The van der Waals surface area contributed by atoms with Crippen LogP contribution in [0.2, 0.25) is 0 Å². The second kappa shape index (κ2) is 5.91. The average Bonchev–Trinajstić information content (AvgIpc) is 2.71. The van der Waals surface area contributed by atoms with E-state index in [9.17, 15) is 18.4 Å². The van der Waals surface area contributed by atoms with Gasteiger partial charge in [-0.25, -0.2) is 8.78 Å². The fourth-order valence-corrected chi connectivity index (χ4v) is 3.86. The first-order chi connectivity index (χ1) is 10.9. The second-order valence-corrected chi connectivity index (χ2v) is 6.57. The molecule has 2 amide bonds. The highest BCUT2D eigenvalue weighted by Crippen LogP contribution is 2.41. The Morgan fingerprint density at radius 2 is 1.96 bits per heavy atom. The molecule has 23 heavy (non-hydrogen) atoms. The van der Waals surface area contributed by atoms with Crippen molar-refractivity contribution in [1.29, 1.82) is 0 Å². The van der Waals surface area contributed by atoms with Crippen LogP contribution in [0.1, 0.15) is 44.1 Å². The Labute approximate surface area is 133 Å². The summed E-state index contributed by atoms with van der Waals surface area (Å²) in [5.41, 5.74) is -0.145. The minimum atomic E-state index is -0.642. The number of amides is 2. The van der Waals surface area contributed by atoms with Gasteiger partial charge in [0.1, 0.15) is 11.6 Å². The maximum atomic E-state index is 13.6. The van der Waals surface area contributed by atoms with Crippen LogP contribution in [0.4, 0.5) is 8.78 Å². The molecule has 0 aromatic heterocycles. The van der Waals surface area contributed by atoms with Crippen molar-refractivity contribution in [1.82, 2.24) is 10.2 Å². The molecule has 1 aromatic rings. The molecule has 4 nitrogen and oxygen atoms in total. The van der Waals surface area contributed by atoms with Crippen molar-refractivity contribution in [2.24, 2.45) is 0 Å². The fourth-order valence-electron chi connectivity index (χ4n) is 3.86. The Hall–Kier alpha value is -1.98. The number of carbonyl (C=O) groups is 2. The molecule has 6 heteroatoms. The van der Waals surface area contributed by atoms with Crippen molar-refractivity contribution in [3.8, 4) is 0 Å². The molecule has 0 bridgehead atoms. The number of likely N-dealkylation sites (tertiary alicyclic amines) is 1. The van der Waals surface area contributed by atoms with E-state index >= 15 is 0 Å². The van der Waals surface area contributed by atoms with E-state index in [0.29, 0.717) is 31.5 Å². The monoisotopic (exact) mass is 322 g/mol. The van der Waals surface area contributed by atoms with Crippen molar-refractivity contribution in [2.75, 3.05) is 13.1 Å². The topological polar surface area (TPSA) is 49.4 Å². The molecule has 2 atom stereocenters. The molecule has 3 rings (SSSR count). The van der Waals surface area contributed by atoms with E-state index in [0.717, 1.165) is 18.9 Å². The molecule has 0 aliphatic carbocycles. The van der Waals surface area contributed by atoms with E-state index in [1.165, 1.54) is 19.1 Å². The first-order valence-corrected chi connectivity index (χ1v) is 7.92. The number of rotatable bonds is 1. The number of carbonyl (C=O) groups excluding carboxylic acids is 2. The summed E-state index contributed by atoms with van der Waals surface area (Å²) in [5, 5.41) is 3.05. The molecule has 1 N–H and O–H groups in total. The lowest BCUT2D eigenvalue weighted by Gasteiger charge is -2.34. The van der Waals surface area contributed by atoms with E-state index in [4.69, 9.17) is 0 Å². The van der Waals surface area contributed by atoms with E-state index in [1.54, 1.807) is 4.90 Å². The van der Waals surface area contributed by atoms with Gasteiger partial charge in [-0.1, -0.05) is 6.42 Å². The molecule has 2 aliphatic heterocycles. The van der Waals surface area contributed by atoms with Gasteiger partial charge in [-0.3, -0.25) is 9.59 Å². The third kappa shape index (κ3) is 3.07. The number of hydrogen-bond acceptors (Lipinski definition) is 2. The minimum Gasteiger partial charge on any atom is -0.348 e. The van der Waals surface area contributed by atoms with Gasteiger partial charge in [-0.2, -0.15) is 0 Å². The predicted octanol–water partition coefficient (Wildman–Crippen LogP) is 2.34. The highest BCUT2D eigenvalue weighted by atomic mass is 19.1. The second-order valence-electron chi connectivity index (χ2n) is 6.57. The summed E-state index contributed by atoms with van der Waals surface area (Å²) in [6.45, 7) is 2.22. The highest BCUT2D eigenvalue weighted by Gasteiger charge is 2.49. The van der Waals surface area contributed by atoms with Gasteiger partial charge in [0.2, 0.25) is 11.8 Å². The van der Waals surface area contributed by atoms with Crippen molar-refractivity contribution >= 4 is 11.8 Å². The highest BCUT2D eigenvalue weighted by molar-refractivity contribution is 5.78. The molecule has 2 fully saturated rings. The van der Waals surface area contributed by atoms with Crippen molar-refractivity contribution in [2.45, 2.75) is 44.1 Å². The summed E-state index contributed by atoms with van der Waals surface area (Å²) >= 11 is 0. The third-order valence-electron chi connectivity index (χ3n) is 4.94. The zero-order chi connectivity index (χ0) is 16.6. The van der Waals surface area contributed by atoms with Crippen LogP contribution in [0.15, 0.2) is 18.2 Å². The van der Waals surface area contributed by atoms with Gasteiger partial charge < -0.3 is 10.2 Å². The molecule has 0 unspecified atom stereocenters. The van der Waals surface area contributed by atoms with Crippen LogP contribution in [0, 0.1) is 11.6 Å².